The monoisotopic (exact) mass is 206 g/mol. The molecule has 0 fully saturated rings. The van der Waals surface area contributed by atoms with Gasteiger partial charge in [-0.2, -0.15) is 4.40 Å². The smallest absolute Gasteiger partial charge is 0.208 e. The molecule has 0 radical (unpaired) electrons. The molecule has 0 aromatic rings. The van der Waals surface area contributed by atoms with E-state index in [9.17, 15) is 4.79 Å². The zero-order valence-electron chi connectivity index (χ0n) is 8.06. The van der Waals surface area contributed by atoms with E-state index in [0.29, 0.717) is 7.28 Å². The Morgan fingerprint density at radius 2 is 2.57 bits per heavy atom. The topological polar surface area (TPSA) is 32.7 Å². The van der Waals surface area contributed by atoms with Crippen LogP contribution in [-0.4, -0.2) is 36.0 Å². The Bertz CT molecular complexity index is 349. The van der Waals surface area contributed by atoms with Gasteiger partial charge in [-0.05, 0) is 24.1 Å². The van der Waals surface area contributed by atoms with Gasteiger partial charge in [-0.1, -0.05) is 6.82 Å². The number of carbonyl (C=O) groups is 1. The maximum Gasteiger partial charge on any atom is 0.208 e. The van der Waals surface area contributed by atoms with Crippen LogP contribution in [0.1, 0.15) is 0 Å². The predicted octanol–water partition coefficient (Wildman–Crippen LogP) is 0.814. The van der Waals surface area contributed by atoms with Gasteiger partial charge >= 0.3 is 0 Å². The third-order valence-corrected chi connectivity index (χ3v) is 2.91. The van der Waals surface area contributed by atoms with Crippen LogP contribution in [0.2, 0.25) is 6.82 Å². The Balaban J connectivity index is 2.31. The van der Waals surface area contributed by atoms with Crippen LogP contribution in [-0.2, 0) is 4.79 Å². The fourth-order valence-corrected chi connectivity index (χ4v) is 2.17. The van der Waals surface area contributed by atoms with E-state index in [4.69, 9.17) is 0 Å². The molecular formula is C9H11BN2OS. The summed E-state index contributed by atoms with van der Waals surface area (Å²) in [5, 5.41) is 0. The quantitative estimate of drug-likeness (QED) is 0.495. The van der Waals surface area contributed by atoms with E-state index in [-0.39, 0.29) is 5.68 Å². The first kappa shape index (κ1) is 9.58. The number of allylic oxidation sites excluding steroid dienone is 2. The first-order chi connectivity index (χ1) is 6.83. The molecule has 0 unspecified atom stereocenters. The average molecular weight is 206 g/mol. The van der Waals surface area contributed by atoms with Gasteiger partial charge in [0, 0.05) is 18.5 Å². The van der Waals surface area contributed by atoms with Gasteiger partial charge in [0.25, 0.3) is 0 Å². The summed E-state index contributed by atoms with van der Waals surface area (Å²) in [5.74, 6) is 1.82. The van der Waals surface area contributed by atoms with Gasteiger partial charge in [-0.25, -0.2) is 0 Å². The minimum Gasteiger partial charge on any atom is -0.331 e. The van der Waals surface area contributed by atoms with Crippen molar-refractivity contribution < 1.29 is 4.79 Å². The van der Waals surface area contributed by atoms with E-state index in [1.807, 2.05) is 30.1 Å². The van der Waals surface area contributed by atoms with Gasteiger partial charge < -0.3 is 9.69 Å². The highest BCUT2D eigenvalue weighted by Gasteiger charge is 2.23. The van der Waals surface area contributed by atoms with Gasteiger partial charge in [-0.3, -0.25) is 0 Å². The average Bonchev–Trinajstić information content (AvgIpc) is 2.27. The van der Waals surface area contributed by atoms with Crippen LogP contribution in [0.15, 0.2) is 28.3 Å². The maximum absolute atomic E-state index is 11.6. The Hall–Kier alpha value is -0.965. The first-order valence-electron chi connectivity index (χ1n) is 4.71. The van der Waals surface area contributed by atoms with E-state index in [0.717, 1.165) is 23.7 Å². The molecule has 3 nitrogen and oxygen atoms in total. The Morgan fingerprint density at radius 3 is 3.36 bits per heavy atom. The number of hydrogen-bond donors (Lipinski definition) is 0. The summed E-state index contributed by atoms with van der Waals surface area (Å²) in [4.78, 5) is 13.6. The zero-order chi connectivity index (χ0) is 9.97. The van der Waals surface area contributed by atoms with Crippen molar-refractivity contribution in [2.45, 2.75) is 6.82 Å². The number of carbonyl (C=O) groups excluding carboxylic acids is 1. The lowest BCUT2D eigenvalue weighted by Crippen LogP contribution is -2.36. The number of hydrogen-bond acceptors (Lipinski definition) is 4. The third kappa shape index (κ3) is 1.64. The van der Waals surface area contributed by atoms with Crippen LogP contribution >= 0.6 is 11.9 Å². The molecule has 2 heterocycles. The fraction of sp³-hybridized carbons (Fsp3) is 0.333. The highest BCUT2D eigenvalue weighted by molar-refractivity contribution is 7.98. The van der Waals surface area contributed by atoms with Crippen LogP contribution in [0.25, 0.3) is 0 Å². The maximum atomic E-state index is 11.6. The van der Waals surface area contributed by atoms with Gasteiger partial charge in [-0.15, -0.1) is 0 Å². The summed E-state index contributed by atoms with van der Waals surface area (Å²) >= 11 is 1.53. The molecule has 0 aromatic carbocycles. The van der Waals surface area contributed by atoms with Crippen molar-refractivity contribution in [3.8, 4) is 0 Å². The standard InChI is InChI=1S/C9H11BN2OS/c1-10-8(13)7-3-2-4-12-5-6-14-11-9(7)12/h2-4,10H,5-6H2,1H3. The van der Waals surface area contributed by atoms with Crippen LogP contribution < -0.4 is 0 Å². The number of amidine groups is 1. The van der Waals surface area contributed by atoms with Crippen LogP contribution in [0, 0.1) is 0 Å². The highest BCUT2D eigenvalue weighted by atomic mass is 32.2. The molecule has 0 aromatic heterocycles. The van der Waals surface area contributed by atoms with Crippen molar-refractivity contribution in [3.05, 3.63) is 23.9 Å². The molecule has 0 bridgehead atoms. The molecule has 0 saturated carbocycles. The molecule has 0 aliphatic carbocycles. The molecule has 72 valence electrons. The van der Waals surface area contributed by atoms with Crippen molar-refractivity contribution in [3.63, 3.8) is 0 Å². The van der Waals surface area contributed by atoms with Crippen LogP contribution in [0.3, 0.4) is 0 Å². The molecule has 2 rings (SSSR count). The van der Waals surface area contributed by atoms with Gasteiger partial charge in [0.15, 0.2) is 5.84 Å². The predicted molar refractivity (Wildman–Crippen MR) is 61.8 cm³/mol. The van der Waals surface area contributed by atoms with Crippen LogP contribution in [0.4, 0.5) is 0 Å². The van der Waals surface area contributed by atoms with E-state index in [1.54, 1.807) is 0 Å². The lowest BCUT2D eigenvalue weighted by atomic mass is 9.72. The van der Waals surface area contributed by atoms with Gasteiger partial charge in [0.1, 0.15) is 5.68 Å². The molecule has 2 aliphatic heterocycles. The molecule has 0 spiro atoms. The van der Waals surface area contributed by atoms with E-state index in [1.165, 1.54) is 11.9 Å². The number of nitrogens with zero attached hydrogens (tertiary/aromatic N) is 2. The summed E-state index contributed by atoms with van der Waals surface area (Å²) in [6.45, 7) is 2.82. The molecule has 0 N–H and O–H groups in total. The minimum absolute atomic E-state index is 0.167. The normalized spacial score (nSPS) is 19.6. The minimum atomic E-state index is 0.167. The van der Waals surface area contributed by atoms with E-state index < -0.39 is 0 Å². The zero-order valence-corrected chi connectivity index (χ0v) is 8.88. The van der Waals surface area contributed by atoms with Crippen molar-refractivity contribution >= 4 is 30.7 Å². The van der Waals surface area contributed by atoms with Crippen molar-refractivity contribution in [2.75, 3.05) is 12.3 Å². The third-order valence-electron chi connectivity index (χ3n) is 2.24. The lowest BCUT2D eigenvalue weighted by Gasteiger charge is -2.28. The summed E-state index contributed by atoms with van der Waals surface area (Å²) in [5.41, 5.74) is 0.919. The second-order valence-electron chi connectivity index (χ2n) is 3.14. The van der Waals surface area contributed by atoms with E-state index in [2.05, 4.69) is 4.40 Å². The number of rotatable bonds is 2. The summed E-state index contributed by atoms with van der Waals surface area (Å²) < 4.78 is 4.32. The Labute approximate surface area is 88.3 Å². The van der Waals surface area contributed by atoms with Crippen molar-refractivity contribution in [1.82, 2.24) is 4.90 Å². The summed E-state index contributed by atoms with van der Waals surface area (Å²) in [7, 11) is 0.539. The molecule has 14 heavy (non-hydrogen) atoms. The highest BCUT2D eigenvalue weighted by Crippen LogP contribution is 2.20. The van der Waals surface area contributed by atoms with Gasteiger partial charge in [0.05, 0.1) is 5.57 Å². The Kier molecular flexibility index (Phi) is 2.77. The molecule has 5 heteroatoms. The summed E-state index contributed by atoms with van der Waals surface area (Å²) in [6.07, 6.45) is 5.75. The molecule has 2 aliphatic rings. The fourth-order valence-electron chi connectivity index (χ4n) is 1.48. The van der Waals surface area contributed by atoms with E-state index >= 15 is 0 Å². The molecule has 0 atom stereocenters. The number of fused-ring (bicyclic) bond motifs is 1. The largest absolute Gasteiger partial charge is 0.331 e. The van der Waals surface area contributed by atoms with Crippen molar-refractivity contribution in [1.29, 1.82) is 0 Å². The SMILES string of the molecule is CBC(=O)C1=CC=CN2CCSN=C12. The lowest BCUT2D eigenvalue weighted by molar-refractivity contribution is -0.108. The second-order valence-corrected chi connectivity index (χ2v) is 3.99. The second kappa shape index (κ2) is 4.04. The Morgan fingerprint density at radius 1 is 1.71 bits per heavy atom. The molecular weight excluding hydrogens is 195 g/mol. The first-order valence-corrected chi connectivity index (χ1v) is 5.66. The summed E-state index contributed by atoms with van der Waals surface area (Å²) in [6, 6.07) is 0. The van der Waals surface area contributed by atoms with Crippen molar-refractivity contribution in [2.24, 2.45) is 4.40 Å². The molecule has 0 amide bonds. The van der Waals surface area contributed by atoms with Crippen LogP contribution in [0.5, 0.6) is 0 Å². The molecule has 0 saturated heterocycles. The van der Waals surface area contributed by atoms with Gasteiger partial charge in [0.2, 0.25) is 7.28 Å².